The molecule has 0 aliphatic rings. The molecule has 112 valence electrons. The number of nitrogen functional groups attached to an aromatic ring is 1. The molecule has 0 heterocycles. The number of nitrogens with zero attached hydrogens (tertiary/aromatic N) is 1. The molecule has 2 N–H and O–H groups in total. The third-order valence-electron chi connectivity index (χ3n) is 2.51. The first-order valence-corrected chi connectivity index (χ1v) is 6.01. The number of benzene rings is 2. The van der Waals surface area contributed by atoms with E-state index in [9.17, 15) is 10.1 Å². The lowest BCUT2D eigenvalue weighted by atomic mass is 10.3. The molecular formula is C14H14ClN2O4-. The van der Waals surface area contributed by atoms with Crippen molar-refractivity contribution in [1.29, 1.82) is 0 Å². The third kappa shape index (κ3) is 5.19. The fourth-order valence-electron chi connectivity index (χ4n) is 1.61. The smallest absolute Gasteiger partial charge is 0.273 e. The monoisotopic (exact) mass is 309 g/mol. The maximum Gasteiger partial charge on any atom is 0.273 e. The van der Waals surface area contributed by atoms with Gasteiger partial charge in [-0.2, -0.15) is 0 Å². The van der Waals surface area contributed by atoms with Gasteiger partial charge >= 0.3 is 0 Å². The highest BCUT2D eigenvalue weighted by Gasteiger charge is 2.06. The van der Waals surface area contributed by atoms with Crippen LogP contribution in [0, 0.1) is 10.1 Å². The van der Waals surface area contributed by atoms with Gasteiger partial charge < -0.3 is 27.6 Å². The molecular weight excluding hydrogens is 296 g/mol. The molecule has 0 radical (unpaired) electrons. The number of ether oxygens (including phenoxy) is 2. The molecule has 0 fully saturated rings. The van der Waals surface area contributed by atoms with E-state index in [1.165, 1.54) is 12.1 Å². The Hall–Kier alpha value is -2.47. The van der Waals surface area contributed by atoms with Crippen molar-refractivity contribution in [1.82, 2.24) is 0 Å². The molecule has 0 saturated carbocycles. The number of halogens is 1. The van der Waals surface area contributed by atoms with Crippen LogP contribution >= 0.6 is 0 Å². The molecule has 0 unspecified atom stereocenters. The van der Waals surface area contributed by atoms with E-state index in [1.54, 1.807) is 36.4 Å². The summed E-state index contributed by atoms with van der Waals surface area (Å²) in [6, 6.07) is 13.1. The second-order valence-corrected chi connectivity index (χ2v) is 4.02. The maximum atomic E-state index is 10.6. The van der Waals surface area contributed by atoms with E-state index in [-0.39, 0.29) is 24.7 Å². The fraction of sp³-hybridized carbons (Fsp3) is 0.143. The molecule has 7 heteroatoms. The number of rotatable bonds is 6. The van der Waals surface area contributed by atoms with E-state index in [0.29, 0.717) is 23.8 Å². The van der Waals surface area contributed by atoms with Gasteiger partial charge in [-0.1, -0.05) is 12.1 Å². The molecule has 0 aliphatic heterocycles. The normalized spacial score (nSPS) is 9.52. The van der Waals surface area contributed by atoms with Gasteiger partial charge in [-0.25, -0.2) is 0 Å². The van der Waals surface area contributed by atoms with E-state index in [1.807, 2.05) is 0 Å². The number of nitro groups is 1. The van der Waals surface area contributed by atoms with Gasteiger partial charge in [0, 0.05) is 17.8 Å². The van der Waals surface area contributed by atoms with Crippen LogP contribution < -0.4 is 27.6 Å². The molecule has 6 nitrogen and oxygen atoms in total. The largest absolute Gasteiger partial charge is 1.00 e. The zero-order valence-electron chi connectivity index (χ0n) is 11.1. The first kappa shape index (κ1) is 16.6. The van der Waals surface area contributed by atoms with Crippen molar-refractivity contribution in [3.63, 3.8) is 0 Å². The zero-order valence-corrected chi connectivity index (χ0v) is 11.8. The summed E-state index contributed by atoms with van der Waals surface area (Å²) in [5, 5.41) is 10.6. The molecule has 0 atom stereocenters. The second kappa shape index (κ2) is 7.96. The Kier molecular flexibility index (Phi) is 6.29. The average Bonchev–Trinajstić information content (AvgIpc) is 2.44. The minimum absolute atomic E-state index is 0. The molecule has 0 bridgehead atoms. The van der Waals surface area contributed by atoms with Crippen molar-refractivity contribution in [2.24, 2.45) is 0 Å². The number of non-ortho nitro benzene ring substituents is 1. The van der Waals surface area contributed by atoms with Crippen molar-refractivity contribution >= 4 is 11.4 Å². The second-order valence-electron chi connectivity index (χ2n) is 4.02. The van der Waals surface area contributed by atoms with Gasteiger partial charge in [-0.3, -0.25) is 10.1 Å². The van der Waals surface area contributed by atoms with Gasteiger partial charge in [-0.15, -0.1) is 0 Å². The Bertz CT molecular complexity index is 607. The van der Waals surface area contributed by atoms with Gasteiger partial charge in [0.25, 0.3) is 5.69 Å². The Balaban J connectivity index is 0.00000220. The molecule has 0 aliphatic carbocycles. The topological polar surface area (TPSA) is 87.6 Å². The summed E-state index contributed by atoms with van der Waals surface area (Å²) >= 11 is 0. The highest BCUT2D eigenvalue weighted by molar-refractivity contribution is 5.43. The highest BCUT2D eigenvalue weighted by atomic mass is 35.5. The van der Waals surface area contributed by atoms with Gasteiger partial charge in [-0.05, 0) is 18.2 Å². The van der Waals surface area contributed by atoms with Gasteiger partial charge in [0.1, 0.15) is 24.7 Å². The van der Waals surface area contributed by atoms with Gasteiger partial charge in [0.2, 0.25) is 0 Å². The number of hydrogen-bond donors (Lipinski definition) is 1. The van der Waals surface area contributed by atoms with Crippen molar-refractivity contribution in [3.8, 4) is 11.5 Å². The number of hydrogen-bond acceptors (Lipinski definition) is 5. The summed E-state index contributed by atoms with van der Waals surface area (Å²) in [5.41, 5.74) is 6.25. The molecule has 0 saturated heterocycles. The number of nitrogens with two attached hydrogens (primary N) is 1. The van der Waals surface area contributed by atoms with Crippen LogP contribution in [0.5, 0.6) is 11.5 Å². The summed E-state index contributed by atoms with van der Waals surface area (Å²) < 4.78 is 10.8. The quantitative estimate of drug-likeness (QED) is 0.341. The van der Waals surface area contributed by atoms with Crippen molar-refractivity contribution in [2.75, 3.05) is 18.9 Å². The predicted octanol–water partition coefficient (Wildman–Crippen LogP) is -0.361. The molecule has 21 heavy (non-hydrogen) atoms. The van der Waals surface area contributed by atoms with E-state index in [0.717, 1.165) is 0 Å². The Morgan fingerprint density at radius 3 is 2.14 bits per heavy atom. The molecule has 2 rings (SSSR count). The minimum Gasteiger partial charge on any atom is -1.00 e. The van der Waals surface area contributed by atoms with Crippen molar-refractivity contribution in [2.45, 2.75) is 0 Å². The zero-order chi connectivity index (χ0) is 14.4. The third-order valence-corrected chi connectivity index (χ3v) is 2.51. The number of anilines is 1. The van der Waals surface area contributed by atoms with E-state index < -0.39 is 4.92 Å². The summed E-state index contributed by atoms with van der Waals surface area (Å²) in [5.74, 6) is 1.10. The van der Waals surface area contributed by atoms with E-state index in [4.69, 9.17) is 15.2 Å². The summed E-state index contributed by atoms with van der Waals surface area (Å²) in [6.45, 7) is 0.613. The van der Waals surface area contributed by atoms with Crippen LogP contribution in [0.2, 0.25) is 0 Å². The lowest BCUT2D eigenvalue weighted by Gasteiger charge is -2.08. The van der Waals surface area contributed by atoms with Crippen LogP contribution in [0.3, 0.4) is 0 Å². The van der Waals surface area contributed by atoms with Gasteiger partial charge in [0.15, 0.2) is 0 Å². The lowest BCUT2D eigenvalue weighted by Crippen LogP contribution is -3.00. The summed E-state index contributed by atoms with van der Waals surface area (Å²) in [6.07, 6.45) is 0. The first-order chi connectivity index (χ1) is 9.65. The standard InChI is InChI=1S/C14H14N2O4.ClH/c15-11-3-1-5-13(9-11)19-7-8-20-14-6-2-4-12(10-14)16(17)18;/h1-6,9-10H,7-8,15H2;1H/p-1. The van der Waals surface area contributed by atoms with Crippen LogP contribution in [0.4, 0.5) is 11.4 Å². The van der Waals surface area contributed by atoms with Gasteiger partial charge in [0.05, 0.1) is 11.0 Å². The van der Waals surface area contributed by atoms with Crippen LogP contribution in [-0.4, -0.2) is 18.1 Å². The summed E-state index contributed by atoms with van der Waals surface area (Å²) in [7, 11) is 0. The molecule has 2 aromatic rings. The van der Waals surface area contributed by atoms with Crippen LogP contribution in [0.15, 0.2) is 48.5 Å². The van der Waals surface area contributed by atoms with Crippen molar-refractivity contribution in [3.05, 3.63) is 58.6 Å². The molecule has 0 spiro atoms. The predicted molar refractivity (Wildman–Crippen MR) is 74.9 cm³/mol. The maximum absolute atomic E-state index is 10.6. The minimum atomic E-state index is -0.462. The molecule has 0 aromatic heterocycles. The van der Waals surface area contributed by atoms with E-state index in [2.05, 4.69) is 0 Å². The fourth-order valence-corrected chi connectivity index (χ4v) is 1.61. The average molecular weight is 310 g/mol. The Morgan fingerprint density at radius 1 is 1.00 bits per heavy atom. The molecule has 0 amide bonds. The SMILES string of the molecule is Nc1cccc(OCCOc2cccc([N+](=O)[O-])c2)c1.[Cl-]. The van der Waals surface area contributed by atoms with Crippen LogP contribution in [0.1, 0.15) is 0 Å². The number of nitro benzene ring substituents is 1. The van der Waals surface area contributed by atoms with Crippen molar-refractivity contribution < 1.29 is 26.8 Å². The first-order valence-electron chi connectivity index (χ1n) is 6.01. The van der Waals surface area contributed by atoms with Crippen LogP contribution in [0.25, 0.3) is 0 Å². The molecule has 2 aromatic carbocycles. The van der Waals surface area contributed by atoms with E-state index >= 15 is 0 Å². The van der Waals surface area contributed by atoms with Crippen LogP contribution in [-0.2, 0) is 0 Å². The lowest BCUT2D eigenvalue weighted by molar-refractivity contribution is -0.384. The Morgan fingerprint density at radius 2 is 1.57 bits per heavy atom. The Labute approximate surface area is 128 Å². The summed E-state index contributed by atoms with van der Waals surface area (Å²) in [4.78, 5) is 10.2. The highest BCUT2D eigenvalue weighted by Crippen LogP contribution is 2.19.